The van der Waals surface area contributed by atoms with Crippen molar-refractivity contribution in [3.63, 3.8) is 0 Å². The zero-order valence-electron chi connectivity index (χ0n) is 12.9. The maximum absolute atomic E-state index is 6.31. The Morgan fingerprint density at radius 1 is 1.25 bits per heavy atom. The first-order valence-electron chi connectivity index (χ1n) is 8.25. The molecule has 20 heavy (non-hydrogen) atoms. The van der Waals surface area contributed by atoms with E-state index >= 15 is 0 Å². The van der Waals surface area contributed by atoms with Crippen LogP contribution in [0.25, 0.3) is 0 Å². The summed E-state index contributed by atoms with van der Waals surface area (Å²) in [5.41, 5.74) is 9.58. The molecular weight excluding hydrogens is 244 g/mol. The zero-order valence-corrected chi connectivity index (χ0v) is 12.9. The third kappa shape index (κ3) is 2.19. The van der Waals surface area contributed by atoms with Gasteiger partial charge in [-0.2, -0.15) is 0 Å². The molecule has 0 radical (unpaired) electrons. The summed E-state index contributed by atoms with van der Waals surface area (Å²) < 4.78 is 0. The van der Waals surface area contributed by atoms with Crippen LogP contribution in [0.2, 0.25) is 0 Å². The number of hydrogen-bond acceptors (Lipinski definition) is 2. The van der Waals surface area contributed by atoms with Gasteiger partial charge in [-0.25, -0.2) is 0 Å². The molecule has 110 valence electrons. The van der Waals surface area contributed by atoms with Crippen molar-refractivity contribution >= 4 is 0 Å². The van der Waals surface area contributed by atoms with Crippen LogP contribution in [0.5, 0.6) is 0 Å². The molecular formula is C18H28N2. The Morgan fingerprint density at radius 2 is 2.00 bits per heavy atom. The summed E-state index contributed by atoms with van der Waals surface area (Å²) in [4.78, 5) is 2.79. The first-order chi connectivity index (χ1) is 9.70. The average molecular weight is 272 g/mol. The van der Waals surface area contributed by atoms with Crippen molar-refractivity contribution in [1.82, 2.24) is 4.90 Å². The fourth-order valence-electron chi connectivity index (χ4n) is 4.61. The van der Waals surface area contributed by atoms with Gasteiger partial charge in [-0.3, -0.25) is 4.90 Å². The Bertz CT molecular complexity index is 470. The van der Waals surface area contributed by atoms with Crippen molar-refractivity contribution in [3.05, 3.63) is 35.4 Å². The third-order valence-electron chi connectivity index (χ3n) is 5.68. The van der Waals surface area contributed by atoms with Gasteiger partial charge in [0.25, 0.3) is 0 Å². The highest BCUT2D eigenvalue weighted by molar-refractivity contribution is 5.33. The van der Waals surface area contributed by atoms with Crippen LogP contribution in [0.4, 0.5) is 0 Å². The van der Waals surface area contributed by atoms with Gasteiger partial charge in [0.15, 0.2) is 0 Å². The highest BCUT2D eigenvalue weighted by Gasteiger charge is 2.45. The summed E-state index contributed by atoms with van der Waals surface area (Å²) in [6.07, 6.45) is 7.49. The molecule has 1 aromatic carbocycles. The van der Waals surface area contributed by atoms with Crippen molar-refractivity contribution in [3.8, 4) is 0 Å². The van der Waals surface area contributed by atoms with Crippen LogP contribution in [0.1, 0.15) is 50.7 Å². The van der Waals surface area contributed by atoms with E-state index in [9.17, 15) is 0 Å². The molecule has 3 unspecified atom stereocenters. The van der Waals surface area contributed by atoms with Crippen LogP contribution in [-0.4, -0.2) is 29.1 Å². The van der Waals surface area contributed by atoms with Crippen LogP contribution in [0.15, 0.2) is 24.3 Å². The number of hydrogen-bond donors (Lipinski definition) is 1. The van der Waals surface area contributed by atoms with Crippen molar-refractivity contribution < 1.29 is 0 Å². The molecule has 1 fully saturated rings. The number of likely N-dealkylation sites (tertiary alicyclic amines) is 1. The fraction of sp³-hybridized carbons (Fsp3) is 0.667. The molecule has 1 saturated heterocycles. The lowest BCUT2D eigenvalue weighted by Crippen LogP contribution is -2.60. The SMILES string of the molecule is CCC1CCC(C)N1C1(CN)CCc2ccccc2C1. The van der Waals surface area contributed by atoms with Gasteiger partial charge in [-0.1, -0.05) is 31.2 Å². The van der Waals surface area contributed by atoms with Crippen molar-refractivity contribution in [2.45, 2.75) is 70.0 Å². The lowest BCUT2D eigenvalue weighted by atomic mass is 9.76. The third-order valence-corrected chi connectivity index (χ3v) is 5.68. The van der Waals surface area contributed by atoms with Gasteiger partial charge in [0.05, 0.1) is 0 Å². The minimum absolute atomic E-state index is 0.199. The maximum atomic E-state index is 6.31. The quantitative estimate of drug-likeness (QED) is 0.916. The molecule has 1 aliphatic carbocycles. The lowest BCUT2D eigenvalue weighted by molar-refractivity contribution is 0.0343. The summed E-state index contributed by atoms with van der Waals surface area (Å²) in [7, 11) is 0. The molecule has 0 amide bonds. The standard InChI is InChI=1S/C18H28N2/c1-3-17-9-8-14(2)20(17)18(13-19)11-10-15-6-4-5-7-16(15)12-18/h4-7,14,17H,3,8-13,19H2,1-2H3. The Balaban J connectivity index is 1.93. The highest BCUT2D eigenvalue weighted by atomic mass is 15.3. The second-order valence-electron chi connectivity index (χ2n) is 6.77. The minimum Gasteiger partial charge on any atom is -0.329 e. The second kappa shape index (κ2) is 5.50. The predicted octanol–water partition coefficient (Wildman–Crippen LogP) is 3.14. The van der Waals surface area contributed by atoms with Crippen LogP contribution in [0.3, 0.4) is 0 Å². The number of aryl methyl sites for hydroxylation is 1. The van der Waals surface area contributed by atoms with Crippen LogP contribution < -0.4 is 5.73 Å². The normalized spacial score (nSPS) is 34.1. The molecule has 0 aromatic heterocycles. The van der Waals surface area contributed by atoms with E-state index in [0.717, 1.165) is 19.0 Å². The summed E-state index contributed by atoms with van der Waals surface area (Å²) in [5.74, 6) is 0. The molecule has 3 rings (SSSR count). The second-order valence-corrected chi connectivity index (χ2v) is 6.77. The highest BCUT2D eigenvalue weighted by Crippen LogP contribution is 2.40. The van der Waals surface area contributed by atoms with E-state index < -0.39 is 0 Å². The summed E-state index contributed by atoms with van der Waals surface area (Å²) in [6, 6.07) is 10.4. The van der Waals surface area contributed by atoms with Crippen LogP contribution >= 0.6 is 0 Å². The largest absolute Gasteiger partial charge is 0.329 e. The molecule has 2 nitrogen and oxygen atoms in total. The molecule has 2 heteroatoms. The number of fused-ring (bicyclic) bond motifs is 1. The molecule has 3 atom stereocenters. The molecule has 0 bridgehead atoms. The van der Waals surface area contributed by atoms with E-state index in [1.807, 2.05) is 0 Å². The molecule has 2 N–H and O–H groups in total. The number of nitrogens with zero attached hydrogens (tertiary/aromatic N) is 1. The summed E-state index contributed by atoms with van der Waals surface area (Å²) >= 11 is 0. The first-order valence-corrected chi connectivity index (χ1v) is 8.25. The van der Waals surface area contributed by atoms with Gasteiger partial charge >= 0.3 is 0 Å². The van der Waals surface area contributed by atoms with E-state index in [1.165, 1.54) is 43.2 Å². The van der Waals surface area contributed by atoms with Gasteiger partial charge in [0.2, 0.25) is 0 Å². The van der Waals surface area contributed by atoms with Gasteiger partial charge in [0, 0.05) is 24.2 Å². The number of benzene rings is 1. The Kier molecular flexibility index (Phi) is 3.87. The minimum atomic E-state index is 0.199. The lowest BCUT2D eigenvalue weighted by Gasteiger charge is -2.49. The fourth-order valence-corrected chi connectivity index (χ4v) is 4.61. The molecule has 0 spiro atoms. The molecule has 1 heterocycles. The van der Waals surface area contributed by atoms with Gasteiger partial charge in [-0.05, 0) is 56.6 Å². The van der Waals surface area contributed by atoms with Gasteiger partial charge in [-0.15, -0.1) is 0 Å². The smallest absolute Gasteiger partial charge is 0.0380 e. The molecule has 1 aromatic rings. The Labute approximate surface area is 123 Å². The average Bonchev–Trinajstić information content (AvgIpc) is 2.88. The molecule has 1 aliphatic heterocycles. The zero-order chi connectivity index (χ0) is 14.2. The van der Waals surface area contributed by atoms with Gasteiger partial charge < -0.3 is 5.73 Å². The number of nitrogens with two attached hydrogens (primary N) is 1. The summed E-state index contributed by atoms with van der Waals surface area (Å²) in [5, 5.41) is 0. The first kappa shape index (κ1) is 14.1. The predicted molar refractivity (Wildman–Crippen MR) is 84.9 cm³/mol. The van der Waals surface area contributed by atoms with Crippen LogP contribution in [0, 0.1) is 0 Å². The Hall–Kier alpha value is -0.860. The molecule has 0 saturated carbocycles. The van der Waals surface area contributed by atoms with E-state index in [-0.39, 0.29) is 5.54 Å². The number of rotatable bonds is 3. The van der Waals surface area contributed by atoms with E-state index in [2.05, 4.69) is 43.0 Å². The van der Waals surface area contributed by atoms with E-state index in [0.29, 0.717) is 6.04 Å². The van der Waals surface area contributed by atoms with E-state index in [4.69, 9.17) is 5.73 Å². The monoisotopic (exact) mass is 272 g/mol. The Morgan fingerprint density at radius 3 is 2.70 bits per heavy atom. The van der Waals surface area contributed by atoms with Crippen molar-refractivity contribution in [1.29, 1.82) is 0 Å². The van der Waals surface area contributed by atoms with Crippen molar-refractivity contribution in [2.24, 2.45) is 5.73 Å². The maximum Gasteiger partial charge on any atom is 0.0380 e. The van der Waals surface area contributed by atoms with Crippen molar-refractivity contribution in [2.75, 3.05) is 6.54 Å². The van der Waals surface area contributed by atoms with E-state index in [1.54, 1.807) is 0 Å². The molecule has 2 aliphatic rings. The topological polar surface area (TPSA) is 29.3 Å². The van der Waals surface area contributed by atoms with Gasteiger partial charge in [0.1, 0.15) is 0 Å². The summed E-state index contributed by atoms with van der Waals surface area (Å²) in [6.45, 7) is 5.52. The van der Waals surface area contributed by atoms with Crippen LogP contribution in [-0.2, 0) is 12.8 Å².